The molecule has 0 radical (unpaired) electrons. The average molecular weight is 520 g/mol. The van der Waals surface area contributed by atoms with Crippen LogP contribution in [0.3, 0.4) is 0 Å². The topological polar surface area (TPSA) is 67.3 Å². The van der Waals surface area contributed by atoms with E-state index in [-0.39, 0.29) is 11.8 Å². The van der Waals surface area contributed by atoms with Gasteiger partial charge in [-0.1, -0.05) is 29.8 Å². The Balaban J connectivity index is 1.62. The van der Waals surface area contributed by atoms with Gasteiger partial charge in [-0.05, 0) is 48.0 Å². The molecule has 7 nitrogen and oxygen atoms in total. The Morgan fingerprint density at radius 1 is 0.865 bits per heavy atom. The van der Waals surface area contributed by atoms with E-state index in [2.05, 4.69) is 39.0 Å². The molecule has 0 spiro atoms. The Labute approximate surface area is 221 Å². The maximum Gasteiger partial charge on any atom is 0.203 e. The summed E-state index contributed by atoms with van der Waals surface area (Å²) in [6.07, 6.45) is 1.66. The van der Waals surface area contributed by atoms with E-state index in [4.69, 9.17) is 25.8 Å². The molecule has 2 heterocycles. The standard InChI is InChI=1S/C29H30ClN3O4/c1-35-24-16-19(17-25(36-2)29(24)37-3)27(22-18-23(30)21-10-7-11-31-26(21)28(22)34)33-14-12-32(13-15-33)20-8-5-4-6-9-20/h4-11,16-18,27,34H,12-15H2,1-3H3/t27-/m0/s1. The van der Waals surface area contributed by atoms with Gasteiger partial charge in [0, 0.05) is 49.0 Å². The van der Waals surface area contributed by atoms with Crippen molar-refractivity contribution in [3.8, 4) is 23.0 Å². The van der Waals surface area contributed by atoms with Crippen LogP contribution in [0, 0.1) is 0 Å². The Bertz CT molecular complexity index is 1370. The zero-order valence-corrected chi connectivity index (χ0v) is 21.9. The number of halogens is 1. The number of methoxy groups -OCH3 is 3. The first kappa shape index (κ1) is 25.0. The summed E-state index contributed by atoms with van der Waals surface area (Å²) in [5.41, 5.74) is 3.25. The van der Waals surface area contributed by atoms with Crippen LogP contribution in [0.2, 0.25) is 5.02 Å². The molecule has 4 aromatic rings. The van der Waals surface area contributed by atoms with E-state index in [1.54, 1.807) is 27.5 Å². The third-order valence-electron chi connectivity index (χ3n) is 6.94. The fourth-order valence-electron chi connectivity index (χ4n) is 5.14. The highest BCUT2D eigenvalue weighted by atomic mass is 35.5. The SMILES string of the molecule is COc1cc([C@@H](c2cc(Cl)c3cccnc3c2O)N2CCN(c3ccccc3)CC2)cc(OC)c1OC. The van der Waals surface area contributed by atoms with Crippen molar-refractivity contribution >= 4 is 28.2 Å². The molecule has 5 rings (SSSR count). The zero-order chi connectivity index (χ0) is 25.9. The highest BCUT2D eigenvalue weighted by molar-refractivity contribution is 6.35. The summed E-state index contributed by atoms with van der Waals surface area (Å²) in [5, 5.41) is 12.7. The molecule has 1 aliphatic heterocycles. The van der Waals surface area contributed by atoms with Gasteiger partial charge in [0.05, 0.1) is 32.4 Å². The Morgan fingerprint density at radius 3 is 2.16 bits per heavy atom. The second-order valence-electron chi connectivity index (χ2n) is 8.92. The lowest BCUT2D eigenvalue weighted by molar-refractivity contribution is 0.208. The van der Waals surface area contributed by atoms with Crippen LogP contribution < -0.4 is 19.1 Å². The number of piperazine rings is 1. The molecule has 0 amide bonds. The fourth-order valence-corrected chi connectivity index (χ4v) is 5.41. The second kappa shape index (κ2) is 10.7. The van der Waals surface area contributed by atoms with Crippen molar-refractivity contribution in [3.63, 3.8) is 0 Å². The summed E-state index contributed by atoms with van der Waals surface area (Å²) >= 11 is 6.73. The molecule has 37 heavy (non-hydrogen) atoms. The van der Waals surface area contributed by atoms with Crippen LogP contribution in [0.25, 0.3) is 10.9 Å². The first-order valence-electron chi connectivity index (χ1n) is 12.2. The van der Waals surface area contributed by atoms with Crippen LogP contribution in [0.4, 0.5) is 5.69 Å². The third-order valence-corrected chi connectivity index (χ3v) is 7.26. The summed E-state index contributed by atoms with van der Waals surface area (Å²) in [6.45, 7) is 3.22. The molecular weight excluding hydrogens is 490 g/mol. The summed E-state index contributed by atoms with van der Waals surface area (Å²) < 4.78 is 16.9. The maximum absolute atomic E-state index is 11.5. The zero-order valence-electron chi connectivity index (χ0n) is 21.1. The molecule has 1 atom stereocenters. The second-order valence-corrected chi connectivity index (χ2v) is 9.32. The Hall–Kier alpha value is -3.68. The van der Waals surface area contributed by atoms with Gasteiger partial charge < -0.3 is 24.2 Å². The average Bonchev–Trinajstić information content (AvgIpc) is 2.96. The number of hydrogen-bond acceptors (Lipinski definition) is 7. The number of fused-ring (bicyclic) bond motifs is 1. The lowest BCUT2D eigenvalue weighted by atomic mass is 9.93. The first-order valence-corrected chi connectivity index (χ1v) is 12.5. The number of phenolic OH excluding ortho intramolecular Hbond substituents is 1. The molecule has 1 N–H and O–H groups in total. The van der Waals surface area contributed by atoms with Crippen molar-refractivity contribution in [1.82, 2.24) is 9.88 Å². The monoisotopic (exact) mass is 519 g/mol. The molecule has 0 aliphatic carbocycles. The minimum atomic E-state index is -0.324. The number of pyridine rings is 1. The number of nitrogens with zero attached hydrogens (tertiary/aromatic N) is 3. The Kier molecular flexibility index (Phi) is 7.26. The predicted molar refractivity (Wildman–Crippen MR) is 147 cm³/mol. The number of phenols is 1. The summed E-state index contributed by atoms with van der Waals surface area (Å²) in [6, 6.07) is 19.5. The number of aromatic hydroxyl groups is 1. The highest BCUT2D eigenvalue weighted by Crippen LogP contribution is 2.46. The van der Waals surface area contributed by atoms with Gasteiger partial charge in [-0.2, -0.15) is 0 Å². The predicted octanol–water partition coefficient (Wildman–Crippen LogP) is 5.53. The van der Waals surface area contributed by atoms with Crippen LogP contribution >= 0.6 is 11.6 Å². The molecule has 1 aliphatic rings. The van der Waals surface area contributed by atoms with Crippen molar-refractivity contribution in [1.29, 1.82) is 0 Å². The molecule has 1 aromatic heterocycles. The quantitative estimate of drug-likeness (QED) is 0.344. The normalized spacial score (nSPS) is 15.0. The molecule has 1 saturated heterocycles. The van der Waals surface area contributed by atoms with Crippen LogP contribution in [0.15, 0.2) is 66.9 Å². The van der Waals surface area contributed by atoms with E-state index >= 15 is 0 Å². The van der Waals surface area contributed by atoms with Gasteiger partial charge in [-0.3, -0.25) is 9.88 Å². The van der Waals surface area contributed by atoms with E-state index in [0.29, 0.717) is 38.7 Å². The minimum absolute atomic E-state index is 0.115. The van der Waals surface area contributed by atoms with Gasteiger partial charge in [0.2, 0.25) is 5.75 Å². The number of hydrogen-bond donors (Lipinski definition) is 1. The third kappa shape index (κ3) is 4.72. The van der Waals surface area contributed by atoms with Crippen molar-refractivity contribution < 1.29 is 19.3 Å². The molecular formula is C29H30ClN3O4. The minimum Gasteiger partial charge on any atom is -0.505 e. The van der Waals surface area contributed by atoms with Crippen molar-refractivity contribution in [2.75, 3.05) is 52.4 Å². The number of ether oxygens (including phenoxy) is 3. The molecule has 8 heteroatoms. The maximum atomic E-state index is 11.5. The molecule has 0 unspecified atom stereocenters. The summed E-state index contributed by atoms with van der Waals surface area (Å²) in [5.74, 6) is 1.73. The summed E-state index contributed by atoms with van der Waals surface area (Å²) in [7, 11) is 4.78. The molecule has 192 valence electrons. The molecule has 1 fully saturated rings. The van der Waals surface area contributed by atoms with Gasteiger partial charge in [-0.25, -0.2) is 0 Å². The van der Waals surface area contributed by atoms with E-state index in [1.165, 1.54) is 5.69 Å². The van der Waals surface area contributed by atoms with Crippen LogP contribution in [0.1, 0.15) is 17.2 Å². The van der Waals surface area contributed by atoms with Gasteiger partial charge in [0.25, 0.3) is 0 Å². The first-order chi connectivity index (χ1) is 18.0. The lowest BCUT2D eigenvalue weighted by Gasteiger charge is -2.41. The van der Waals surface area contributed by atoms with Gasteiger partial charge in [0.1, 0.15) is 11.3 Å². The molecule has 0 saturated carbocycles. The van der Waals surface area contributed by atoms with Gasteiger partial charge >= 0.3 is 0 Å². The molecule has 0 bridgehead atoms. The smallest absolute Gasteiger partial charge is 0.203 e. The van der Waals surface area contributed by atoms with E-state index < -0.39 is 0 Å². The van der Waals surface area contributed by atoms with Crippen molar-refractivity contribution in [2.24, 2.45) is 0 Å². The number of rotatable bonds is 7. The fraction of sp³-hybridized carbons (Fsp3) is 0.276. The van der Waals surface area contributed by atoms with E-state index in [1.807, 2.05) is 36.4 Å². The molecule has 3 aromatic carbocycles. The van der Waals surface area contributed by atoms with E-state index in [0.717, 1.165) is 31.7 Å². The number of benzene rings is 3. The van der Waals surface area contributed by atoms with Crippen LogP contribution in [-0.4, -0.2) is 62.5 Å². The summed E-state index contributed by atoms with van der Waals surface area (Å²) in [4.78, 5) is 9.16. The van der Waals surface area contributed by atoms with E-state index in [9.17, 15) is 5.11 Å². The highest BCUT2D eigenvalue weighted by Gasteiger charge is 2.31. The van der Waals surface area contributed by atoms with Gasteiger partial charge in [0.15, 0.2) is 11.5 Å². The number of aromatic nitrogens is 1. The van der Waals surface area contributed by atoms with Crippen LogP contribution in [-0.2, 0) is 0 Å². The Morgan fingerprint density at radius 2 is 1.54 bits per heavy atom. The van der Waals surface area contributed by atoms with Crippen molar-refractivity contribution in [3.05, 3.63) is 83.0 Å². The van der Waals surface area contributed by atoms with Crippen molar-refractivity contribution in [2.45, 2.75) is 6.04 Å². The lowest BCUT2D eigenvalue weighted by Crippen LogP contribution is -2.48. The van der Waals surface area contributed by atoms with Gasteiger partial charge in [-0.15, -0.1) is 0 Å². The number of anilines is 1. The largest absolute Gasteiger partial charge is 0.505 e. The number of para-hydroxylation sites is 1. The van der Waals surface area contributed by atoms with Crippen LogP contribution in [0.5, 0.6) is 23.0 Å².